The van der Waals surface area contributed by atoms with Gasteiger partial charge in [0, 0.05) is 15.3 Å². The average molecular weight is 234 g/mol. The second-order valence-electron chi connectivity index (χ2n) is 4.26. The lowest BCUT2D eigenvalue weighted by Crippen LogP contribution is -1.96. The molecular formula is C13H14O2S. The van der Waals surface area contributed by atoms with Crippen molar-refractivity contribution in [2.24, 2.45) is 0 Å². The summed E-state index contributed by atoms with van der Waals surface area (Å²) >= 11 is 1.75. The highest BCUT2D eigenvalue weighted by molar-refractivity contribution is 7.12. The molecule has 1 unspecified atom stereocenters. The van der Waals surface area contributed by atoms with Crippen molar-refractivity contribution in [2.75, 3.05) is 0 Å². The van der Waals surface area contributed by atoms with E-state index in [-0.39, 0.29) is 0 Å². The minimum Gasteiger partial charge on any atom is -0.472 e. The van der Waals surface area contributed by atoms with Gasteiger partial charge in [-0.05, 0) is 43.4 Å². The minimum atomic E-state index is -0.519. The summed E-state index contributed by atoms with van der Waals surface area (Å²) in [6.07, 6.45) is 7.62. The third-order valence-electron chi connectivity index (χ3n) is 3.14. The molecule has 0 radical (unpaired) electrons. The van der Waals surface area contributed by atoms with Crippen molar-refractivity contribution < 1.29 is 9.52 Å². The first-order valence-corrected chi connectivity index (χ1v) is 6.48. The van der Waals surface area contributed by atoms with Gasteiger partial charge in [0.1, 0.15) is 6.10 Å². The van der Waals surface area contributed by atoms with Crippen LogP contribution in [0.3, 0.4) is 0 Å². The Bertz CT molecular complexity index is 447. The molecule has 16 heavy (non-hydrogen) atoms. The Kier molecular flexibility index (Phi) is 2.58. The van der Waals surface area contributed by atoms with E-state index in [1.54, 1.807) is 23.9 Å². The highest BCUT2D eigenvalue weighted by Crippen LogP contribution is 2.35. The summed E-state index contributed by atoms with van der Waals surface area (Å²) in [5.41, 5.74) is 2.28. The van der Waals surface area contributed by atoms with Gasteiger partial charge in [-0.25, -0.2) is 0 Å². The van der Waals surface area contributed by atoms with Crippen LogP contribution >= 0.6 is 11.3 Å². The first-order valence-electron chi connectivity index (χ1n) is 5.66. The van der Waals surface area contributed by atoms with Crippen molar-refractivity contribution in [2.45, 2.75) is 31.8 Å². The van der Waals surface area contributed by atoms with E-state index < -0.39 is 6.10 Å². The molecule has 3 heteroatoms. The van der Waals surface area contributed by atoms with E-state index in [2.05, 4.69) is 6.07 Å². The molecule has 1 aliphatic rings. The van der Waals surface area contributed by atoms with Gasteiger partial charge in [0.25, 0.3) is 0 Å². The van der Waals surface area contributed by atoms with E-state index in [9.17, 15) is 5.11 Å². The molecule has 2 heterocycles. The summed E-state index contributed by atoms with van der Waals surface area (Å²) in [4.78, 5) is 2.51. The van der Waals surface area contributed by atoms with E-state index in [1.165, 1.54) is 36.1 Å². The van der Waals surface area contributed by atoms with Crippen LogP contribution in [0.15, 0.2) is 29.1 Å². The molecule has 84 valence electrons. The molecule has 1 N–H and O–H groups in total. The number of rotatable bonds is 2. The van der Waals surface area contributed by atoms with Crippen molar-refractivity contribution >= 4 is 11.3 Å². The molecule has 1 aliphatic carbocycles. The summed E-state index contributed by atoms with van der Waals surface area (Å²) in [5, 5.41) is 10.2. The van der Waals surface area contributed by atoms with E-state index >= 15 is 0 Å². The smallest absolute Gasteiger partial charge is 0.116 e. The quantitative estimate of drug-likeness (QED) is 0.865. The highest BCUT2D eigenvalue weighted by atomic mass is 32.1. The predicted octanol–water partition coefficient (Wildman–Crippen LogP) is 3.30. The Morgan fingerprint density at radius 3 is 2.94 bits per heavy atom. The minimum absolute atomic E-state index is 0.519. The van der Waals surface area contributed by atoms with Gasteiger partial charge in [-0.15, -0.1) is 11.3 Å². The fourth-order valence-corrected chi connectivity index (χ4v) is 3.52. The fourth-order valence-electron chi connectivity index (χ4n) is 2.24. The second-order valence-corrected chi connectivity index (χ2v) is 5.43. The third kappa shape index (κ3) is 1.70. The van der Waals surface area contributed by atoms with Gasteiger partial charge in [-0.1, -0.05) is 0 Å². The Hall–Kier alpha value is -1.06. The predicted molar refractivity (Wildman–Crippen MR) is 63.7 cm³/mol. The standard InChI is InChI=1S/C13H14O2S/c14-13(10-5-6-15-8-10)12-7-9-3-1-2-4-11(9)16-12/h5-8,13-14H,1-4H2. The normalized spacial score (nSPS) is 17.1. The number of fused-ring (bicyclic) bond motifs is 1. The molecule has 0 amide bonds. The molecule has 0 bridgehead atoms. The zero-order chi connectivity index (χ0) is 11.0. The zero-order valence-corrected chi connectivity index (χ0v) is 9.80. The van der Waals surface area contributed by atoms with Crippen molar-refractivity contribution in [3.8, 4) is 0 Å². The van der Waals surface area contributed by atoms with Gasteiger partial charge in [-0.2, -0.15) is 0 Å². The summed E-state index contributed by atoms with van der Waals surface area (Å²) in [7, 11) is 0. The largest absolute Gasteiger partial charge is 0.472 e. The second kappa shape index (κ2) is 4.07. The number of aryl methyl sites for hydroxylation is 2. The first kappa shape index (κ1) is 10.1. The maximum Gasteiger partial charge on any atom is 0.116 e. The van der Waals surface area contributed by atoms with E-state index in [0.29, 0.717) is 0 Å². The van der Waals surface area contributed by atoms with E-state index in [0.717, 1.165) is 10.4 Å². The Labute approximate surface area is 98.5 Å². The Morgan fingerprint density at radius 2 is 2.19 bits per heavy atom. The van der Waals surface area contributed by atoms with Crippen LogP contribution in [0.2, 0.25) is 0 Å². The van der Waals surface area contributed by atoms with Crippen LogP contribution in [-0.4, -0.2) is 5.11 Å². The van der Waals surface area contributed by atoms with Crippen molar-refractivity contribution in [1.29, 1.82) is 0 Å². The Balaban J connectivity index is 1.92. The molecule has 1 atom stereocenters. The molecule has 0 aromatic carbocycles. The maximum absolute atomic E-state index is 10.2. The van der Waals surface area contributed by atoms with Crippen LogP contribution in [-0.2, 0) is 12.8 Å². The molecule has 2 nitrogen and oxygen atoms in total. The number of furan rings is 1. The molecular weight excluding hydrogens is 220 g/mol. The van der Waals surface area contributed by atoms with Gasteiger partial charge < -0.3 is 9.52 Å². The topological polar surface area (TPSA) is 33.4 Å². The molecule has 0 saturated heterocycles. The number of thiophene rings is 1. The van der Waals surface area contributed by atoms with E-state index in [4.69, 9.17) is 4.42 Å². The summed E-state index contributed by atoms with van der Waals surface area (Å²) in [6, 6.07) is 3.99. The van der Waals surface area contributed by atoms with Gasteiger partial charge in [-0.3, -0.25) is 0 Å². The summed E-state index contributed by atoms with van der Waals surface area (Å²) in [5.74, 6) is 0. The number of hydrogen-bond acceptors (Lipinski definition) is 3. The molecule has 0 aliphatic heterocycles. The fraction of sp³-hybridized carbons (Fsp3) is 0.385. The number of aliphatic hydroxyl groups excluding tert-OH is 1. The molecule has 0 saturated carbocycles. The first-order chi connectivity index (χ1) is 7.84. The van der Waals surface area contributed by atoms with Gasteiger partial charge in [0.15, 0.2) is 0 Å². The number of hydrogen-bond donors (Lipinski definition) is 1. The van der Waals surface area contributed by atoms with Crippen LogP contribution in [0.1, 0.15) is 39.8 Å². The molecule has 2 aromatic heterocycles. The van der Waals surface area contributed by atoms with Crippen LogP contribution in [0.4, 0.5) is 0 Å². The van der Waals surface area contributed by atoms with Crippen molar-refractivity contribution in [1.82, 2.24) is 0 Å². The van der Waals surface area contributed by atoms with Crippen molar-refractivity contribution in [3.05, 3.63) is 45.5 Å². The lowest BCUT2D eigenvalue weighted by atomic mass is 9.98. The van der Waals surface area contributed by atoms with Gasteiger partial charge >= 0.3 is 0 Å². The van der Waals surface area contributed by atoms with E-state index in [1.807, 2.05) is 6.07 Å². The third-order valence-corrected chi connectivity index (χ3v) is 4.43. The summed E-state index contributed by atoms with van der Waals surface area (Å²) in [6.45, 7) is 0. The molecule has 3 rings (SSSR count). The maximum atomic E-state index is 10.2. The van der Waals surface area contributed by atoms with Crippen LogP contribution in [0, 0.1) is 0 Å². The Morgan fingerprint density at radius 1 is 1.31 bits per heavy atom. The average Bonchev–Trinajstić information content (AvgIpc) is 2.97. The monoisotopic (exact) mass is 234 g/mol. The molecule has 2 aromatic rings. The molecule has 0 spiro atoms. The number of aliphatic hydroxyl groups is 1. The van der Waals surface area contributed by atoms with Gasteiger partial charge in [0.2, 0.25) is 0 Å². The van der Waals surface area contributed by atoms with Crippen molar-refractivity contribution in [3.63, 3.8) is 0 Å². The zero-order valence-electron chi connectivity index (χ0n) is 8.98. The SMILES string of the molecule is OC(c1ccoc1)c1cc2c(s1)CCCC2. The molecule has 0 fully saturated rings. The lowest BCUT2D eigenvalue weighted by molar-refractivity contribution is 0.223. The van der Waals surface area contributed by atoms with Crippen LogP contribution in [0.25, 0.3) is 0 Å². The highest BCUT2D eigenvalue weighted by Gasteiger charge is 2.19. The van der Waals surface area contributed by atoms with Crippen LogP contribution in [0.5, 0.6) is 0 Å². The summed E-state index contributed by atoms with van der Waals surface area (Å²) < 4.78 is 5.00. The van der Waals surface area contributed by atoms with Gasteiger partial charge in [0.05, 0.1) is 12.5 Å². The van der Waals surface area contributed by atoms with Crippen LogP contribution < -0.4 is 0 Å². The lowest BCUT2D eigenvalue weighted by Gasteiger charge is -2.08.